The lowest BCUT2D eigenvalue weighted by molar-refractivity contribution is -0.384. The number of likely N-dealkylation sites (N-methyl/N-ethyl adjacent to an activating group) is 1. The fourth-order valence-corrected chi connectivity index (χ4v) is 2.13. The minimum atomic E-state index is -0.482. The van der Waals surface area contributed by atoms with Crippen LogP contribution in [0.5, 0.6) is 0 Å². The van der Waals surface area contributed by atoms with Gasteiger partial charge in [-0.05, 0) is 18.1 Å². The van der Waals surface area contributed by atoms with E-state index in [9.17, 15) is 14.9 Å². The molecule has 1 aromatic carbocycles. The monoisotopic (exact) mass is 265 g/mol. The van der Waals surface area contributed by atoms with E-state index in [4.69, 9.17) is 5.11 Å². The van der Waals surface area contributed by atoms with Gasteiger partial charge in [0.25, 0.3) is 5.69 Å². The number of aliphatic hydroxyl groups is 1. The van der Waals surface area contributed by atoms with E-state index < -0.39 is 4.92 Å². The van der Waals surface area contributed by atoms with Crippen molar-refractivity contribution in [3.8, 4) is 0 Å². The first-order chi connectivity index (χ1) is 9.02. The second-order valence-corrected chi connectivity index (χ2v) is 4.45. The maximum Gasteiger partial charge on any atom is 0.294 e. The van der Waals surface area contributed by atoms with Crippen molar-refractivity contribution in [3.63, 3.8) is 0 Å². The van der Waals surface area contributed by atoms with Crippen LogP contribution in [-0.2, 0) is 11.2 Å². The molecule has 0 saturated carbocycles. The van der Waals surface area contributed by atoms with E-state index in [2.05, 4.69) is 5.32 Å². The maximum absolute atomic E-state index is 11.3. The summed E-state index contributed by atoms with van der Waals surface area (Å²) in [4.78, 5) is 23.6. The quantitative estimate of drug-likeness (QED) is 0.623. The van der Waals surface area contributed by atoms with Gasteiger partial charge in [0.15, 0.2) is 0 Å². The zero-order chi connectivity index (χ0) is 14.0. The number of hydrogen-bond acceptors (Lipinski definition) is 5. The SMILES string of the molecule is CN(CCO)c1cc2c(cc1[N+](=O)[O-])NC(=O)CC2. The molecule has 0 unspecified atom stereocenters. The molecule has 1 amide bonds. The predicted molar refractivity (Wildman–Crippen MR) is 70.4 cm³/mol. The van der Waals surface area contributed by atoms with Crippen LogP contribution in [-0.4, -0.2) is 36.1 Å². The lowest BCUT2D eigenvalue weighted by Crippen LogP contribution is -2.24. The number of carbonyl (C=O) groups is 1. The number of carbonyl (C=O) groups excluding carboxylic acids is 1. The summed E-state index contributed by atoms with van der Waals surface area (Å²) < 4.78 is 0. The number of nitrogens with zero attached hydrogens (tertiary/aromatic N) is 2. The van der Waals surface area contributed by atoms with Crippen LogP contribution in [0.2, 0.25) is 0 Å². The highest BCUT2D eigenvalue weighted by atomic mass is 16.6. The summed E-state index contributed by atoms with van der Waals surface area (Å²) in [5.41, 5.74) is 1.76. The number of aryl methyl sites for hydroxylation is 1. The van der Waals surface area contributed by atoms with Crippen molar-refractivity contribution in [2.24, 2.45) is 0 Å². The van der Waals surface area contributed by atoms with Crippen LogP contribution in [0.25, 0.3) is 0 Å². The highest BCUT2D eigenvalue weighted by Crippen LogP contribution is 2.35. The summed E-state index contributed by atoms with van der Waals surface area (Å²) in [6.07, 6.45) is 0.951. The van der Waals surface area contributed by atoms with Crippen molar-refractivity contribution < 1.29 is 14.8 Å². The number of benzene rings is 1. The molecule has 0 aromatic heterocycles. The van der Waals surface area contributed by atoms with Gasteiger partial charge in [-0.25, -0.2) is 0 Å². The van der Waals surface area contributed by atoms with Crippen LogP contribution in [0.1, 0.15) is 12.0 Å². The summed E-state index contributed by atoms with van der Waals surface area (Å²) in [7, 11) is 1.69. The van der Waals surface area contributed by atoms with Gasteiger partial charge in [-0.15, -0.1) is 0 Å². The number of rotatable bonds is 4. The number of fused-ring (bicyclic) bond motifs is 1. The topological polar surface area (TPSA) is 95.7 Å². The fourth-order valence-electron chi connectivity index (χ4n) is 2.13. The van der Waals surface area contributed by atoms with Crippen molar-refractivity contribution in [3.05, 3.63) is 27.8 Å². The van der Waals surface area contributed by atoms with Gasteiger partial charge in [0, 0.05) is 26.1 Å². The summed E-state index contributed by atoms with van der Waals surface area (Å²) in [5, 5.41) is 22.7. The minimum Gasteiger partial charge on any atom is -0.395 e. The maximum atomic E-state index is 11.3. The molecule has 0 radical (unpaired) electrons. The number of aliphatic hydroxyl groups excluding tert-OH is 1. The third-order valence-corrected chi connectivity index (χ3v) is 3.14. The molecule has 0 saturated heterocycles. The molecule has 0 bridgehead atoms. The molecule has 2 N–H and O–H groups in total. The number of amides is 1. The van der Waals surface area contributed by atoms with Crippen LogP contribution < -0.4 is 10.2 Å². The Morgan fingerprint density at radius 1 is 1.47 bits per heavy atom. The van der Waals surface area contributed by atoms with Gasteiger partial charge in [0.05, 0.1) is 17.2 Å². The van der Waals surface area contributed by atoms with Gasteiger partial charge in [0.2, 0.25) is 5.91 Å². The predicted octanol–water partition coefficient (Wildman–Crippen LogP) is 0.908. The Kier molecular flexibility index (Phi) is 3.66. The second kappa shape index (κ2) is 5.23. The standard InChI is InChI=1S/C12H15N3O4/c1-14(4-5-16)10-6-8-2-3-12(17)13-9(8)7-11(10)15(18)19/h6-7,16H,2-5H2,1H3,(H,13,17). The van der Waals surface area contributed by atoms with Crippen LogP contribution in [0, 0.1) is 10.1 Å². The average Bonchev–Trinajstić information content (AvgIpc) is 2.37. The second-order valence-electron chi connectivity index (χ2n) is 4.45. The molecule has 0 fully saturated rings. The molecule has 0 aliphatic carbocycles. The van der Waals surface area contributed by atoms with E-state index in [-0.39, 0.29) is 18.2 Å². The first kappa shape index (κ1) is 13.3. The van der Waals surface area contributed by atoms with E-state index in [1.165, 1.54) is 6.07 Å². The summed E-state index contributed by atoms with van der Waals surface area (Å²) in [5.74, 6) is -0.127. The molecule has 7 nitrogen and oxygen atoms in total. The van der Waals surface area contributed by atoms with E-state index in [0.717, 1.165) is 5.56 Å². The van der Waals surface area contributed by atoms with Crippen LogP contribution in [0.4, 0.5) is 17.1 Å². The van der Waals surface area contributed by atoms with E-state index in [1.54, 1.807) is 18.0 Å². The Morgan fingerprint density at radius 3 is 2.84 bits per heavy atom. The molecular weight excluding hydrogens is 250 g/mol. The number of nitro groups is 1. The molecule has 1 heterocycles. The first-order valence-electron chi connectivity index (χ1n) is 5.96. The van der Waals surface area contributed by atoms with Crippen molar-refractivity contribution >= 4 is 23.0 Å². The third-order valence-electron chi connectivity index (χ3n) is 3.14. The normalized spacial score (nSPS) is 13.7. The third kappa shape index (κ3) is 2.65. The van der Waals surface area contributed by atoms with Crippen LogP contribution >= 0.6 is 0 Å². The smallest absolute Gasteiger partial charge is 0.294 e. The van der Waals surface area contributed by atoms with Crippen molar-refractivity contribution in [2.45, 2.75) is 12.8 Å². The van der Waals surface area contributed by atoms with Crippen LogP contribution in [0.3, 0.4) is 0 Å². The number of nitro benzene ring substituents is 1. The summed E-state index contributed by atoms with van der Waals surface area (Å²) in [6, 6.07) is 3.10. The molecule has 1 aliphatic heterocycles. The van der Waals surface area contributed by atoms with Gasteiger partial charge in [-0.1, -0.05) is 0 Å². The molecular formula is C12H15N3O4. The van der Waals surface area contributed by atoms with Crippen molar-refractivity contribution in [2.75, 3.05) is 30.4 Å². The van der Waals surface area contributed by atoms with Gasteiger partial charge in [-0.2, -0.15) is 0 Å². The Labute approximate surface area is 110 Å². The fraction of sp³-hybridized carbons (Fsp3) is 0.417. The molecule has 0 spiro atoms. The molecule has 1 aromatic rings. The Hall–Kier alpha value is -2.15. The Morgan fingerprint density at radius 2 is 2.21 bits per heavy atom. The number of hydrogen-bond donors (Lipinski definition) is 2. The van der Waals surface area contributed by atoms with Gasteiger partial charge >= 0.3 is 0 Å². The highest BCUT2D eigenvalue weighted by molar-refractivity contribution is 5.95. The number of nitrogens with one attached hydrogen (secondary N) is 1. The van der Waals surface area contributed by atoms with E-state index >= 15 is 0 Å². The zero-order valence-corrected chi connectivity index (χ0v) is 10.5. The highest BCUT2D eigenvalue weighted by Gasteiger charge is 2.24. The molecule has 7 heteroatoms. The first-order valence-corrected chi connectivity index (χ1v) is 5.96. The molecule has 1 aliphatic rings. The molecule has 102 valence electrons. The minimum absolute atomic E-state index is 0.0723. The van der Waals surface area contributed by atoms with Crippen molar-refractivity contribution in [1.29, 1.82) is 0 Å². The van der Waals surface area contributed by atoms with Crippen molar-refractivity contribution in [1.82, 2.24) is 0 Å². The van der Waals surface area contributed by atoms with E-state index in [1.807, 2.05) is 0 Å². The Bertz CT molecular complexity index is 530. The van der Waals surface area contributed by atoms with Gasteiger partial charge < -0.3 is 15.3 Å². The lowest BCUT2D eigenvalue weighted by atomic mass is 10.0. The zero-order valence-electron chi connectivity index (χ0n) is 10.5. The molecule has 2 rings (SSSR count). The van der Waals surface area contributed by atoms with E-state index in [0.29, 0.717) is 30.8 Å². The number of anilines is 2. The molecule has 0 atom stereocenters. The lowest BCUT2D eigenvalue weighted by Gasteiger charge is -2.22. The summed E-state index contributed by atoms with van der Waals surface area (Å²) in [6.45, 7) is 0.230. The van der Waals surface area contributed by atoms with Gasteiger partial charge in [-0.3, -0.25) is 14.9 Å². The van der Waals surface area contributed by atoms with Crippen LogP contribution in [0.15, 0.2) is 12.1 Å². The van der Waals surface area contributed by atoms with Gasteiger partial charge in [0.1, 0.15) is 5.69 Å². The molecule has 19 heavy (non-hydrogen) atoms. The summed E-state index contributed by atoms with van der Waals surface area (Å²) >= 11 is 0. The largest absolute Gasteiger partial charge is 0.395 e. The Balaban J connectivity index is 2.47. The average molecular weight is 265 g/mol.